The number of rotatable bonds is 8. The Labute approximate surface area is 172 Å². The number of morpholine rings is 1. The van der Waals surface area contributed by atoms with Crippen LogP contribution in [0.4, 0.5) is 0 Å². The fraction of sp³-hybridized carbons (Fsp3) is 0.588. The summed E-state index contributed by atoms with van der Waals surface area (Å²) in [6.07, 6.45) is 0.0195. The first-order valence-electron chi connectivity index (χ1n) is 8.21. The first-order valence-corrected chi connectivity index (χ1v) is 8.58. The van der Waals surface area contributed by atoms with E-state index in [1.807, 2.05) is 24.3 Å². The summed E-state index contributed by atoms with van der Waals surface area (Å²) in [6.45, 7) is 3.95. The minimum Gasteiger partial charge on any atom is -0.380 e. The third-order valence-corrected chi connectivity index (χ3v) is 4.50. The maximum Gasteiger partial charge on any atom is 0.222 e. The predicted octanol–water partition coefficient (Wildman–Crippen LogP) is 2.04. The van der Waals surface area contributed by atoms with Crippen LogP contribution >= 0.6 is 36.4 Å². The highest BCUT2D eigenvalue weighted by Gasteiger charge is 2.23. The molecule has 0 aliphatic carbocycles. The number of hydrogen-bond acceptors (Lipinski definition) is 5. The Kier molecular flexibility index (Phi) is 13.2. The highest BCUT2D eigenvalue weighted by Crippen LogP contribution is 2.23. The molecule has 0 spiro atoms. The second kappa shape index (κ2) is 13.6. The van der Waals surface area contributed by atoms with Crippen LogP contribution in [0.1, 0.15) is 18.0 Å². The van der Waals surface area contributed by atoms with Crippen LogP contribution in [-0.4, -0.2) is 63.4 Å². The molecule has 1 aromatic rings. The van der Waals surface area contributed by atoms with Crippen molar-refractivity contribution < 1.29 is 14.3 Å². The smallest absolute Gasteiger partial charge is 0.222 e. The number of hydrogen-bond donors (Lipinski definition) is 2. The first kappa shape index (κ1) is 25.4. The molecule has 150 valence electrons. The molecule has 2 rings (SSSR count). The van der Waals surface area contributed by atoms with Gasteiger partial charge in [-0.2, -0.15) is 0 Å². The molecular weight excluding hydrogens is 401 g/mol. The fourth-order valence-electron chi connectivity index (χ4n) is 2.78. The van der Waals surface area contributed by atoms with Crippen molar-refractivity contribution >= 4 is 42.3 Å². The number of carbonyl (C=O) groups is 1. The van der Waals surface area contributed by atoms with E-state index in [9.17, 15) is 4.79 Å². The molecule has 0 bridgehead atoms. The second-order valence-corrected chi connectivity index (χ2v) is 6.25. The highest BCUT2D eigenvalue weighted by molar-refractivity contribution is 6.30. The molecule has 2 atom stereocenters. The van der Waals surface area contributed by atoms with Gasteiger partial charge in [0.05, 0.1) is 31.8 Å². The van der Waals surface area contributed by atoms with Crippen LogP contribution in [0, 0.1) is 0 Å². The number of carbonyl (C=O) groups excluding carboxylic acids is 1. The molecule has 1 aromatic carbocycles. The minimum absolute atomic E-state index is 0. The normalized spacial score (nSPS) is 16.7. The van der Waals surface area contributed by atoms with Crippen molar-refractivity contribution in [3.8, 4) is 0 Å². The molecule has 6 nitrogen and oxygen atoms in total. The number of amides is 1. The SMILES string of the molecule is COC(CN)CC(=O)NCC(c1ccc(Cl)cc1)N1CCOCC1.Cl.Cl. The zero-order valence-corrected chi connectivity index (χ0v) is 17.2. The summed E-state index contributed by atoms with van der Waals surface area (Å²) in [5.74, 6) is -0.0560. The molecule has 0 aromatic heterocycles. The molecule has 0 radical (unpaired) electrons. The zero-order chi connectivity index (χ0) is 17.4. The fourth-order valence-corrected chi connectivity index (χ4v) is 2.91. The van der Waals surface area contributed by atoms with E-state index in [1.165, 1.54) is 0 Å². The lowest BCUT2D eigenvalue weighted by atomic mass is 10.0. The molecular formula is C17H28Cl3N3O3. The molecule has 1 heterocycles. The van der Waals surface area contributed by atoms with Gasteiger partial charge in [0.15, 0.2) is 0 Å². The van der Waals surface area contributed by atoms with Crippen LogP contribution in [0.2, 0.25) is 5.02 Å². The Bertz CT molecular complexity index is 510. The summed E-state index contributed by atoms with van der Waals surface area (Å²) in [4.78, 5) is 14.5. The first-order chi connectivity index (χ1) is 11.6. The summed E-state index contributed by atoms with van der Waals surface area (Å²) < 4.78 is 10.6. The summed E-state index contributed by atoms with van der Waals surface area (Å²) in [7, 11) is 1.56. The number of nitrogens with one attached hydrogen (secondary N) is 1. The third-order valence-electron chi connectivity index (χ3n) is 4.24. The Morgan fingerprint density at radius 1 is 1.31 bits per heavy atom. The summed E-state index contributed by atoms with van der Waals surface area (Å²) in [5, 5.41) is 3.71. The van der Waals surface area contributed by atoms with Gasteiger partial charge in [-0.15, -0.1) is 24.8 Å². The van der Waals surface area contributed by atoms with Crippen LogP contribution in [0.3, 0.4) is 0 Å². The van der Waals surface area contributed by atoms with Gasteiger partial charge < -0.3 is 20.5 Å². The molecule has 1 aliphatic rings. The molecule has 1 amide bonds. The Morgan fingerprint density at radius 2 is 1.92 bits per heavy atom. The Balaban J connectivity index is 0.00000312. The molecule has 1 saturated heterocycles. The largest absolute Gasteiger partial charge is 0.380 e. The van der Waals surface area contributed by atoms with E-state index in [2.05, 4.69) is 10.2 Å². The van der Waals surface area contributed by atoms with Gasteiger partial charge in [-0.1, -0.05) is 23.7 Å². The molecule has 3 N–H and O–H groups in total. The lowest BCUT2D eigenvalue weighted by Gasteiger charge is -2.35. The standard InChI is InChI=1S/C17H26ClN3O3.2ClH/c1-23-15(11-19)10-17(22)20-12-16(21-6-8-24-9-7-21)13-2-4-14(18)5-3-13;;/h2-5,15-16H,6-12,19H2,1H3,(H,20,22);2*1H. The van der Waals surface area contributed by atoms with Crippen LogP contribution in [-0.2, 0) is 14.3 Å². The molecule has 2 unspecified atom stereocenters. The van der Waals surface area contributed by atoms with Gasteiger partial charge in [0.2, 0.25) is 5.91 Å². The second-order valence-electron chi connectivity index (χ2n) is 5.82. The monoisotopic (exact) mass is 427 g/mol. The third kappa shape index (κ3) is 7.96. The molecule has 0 saturated carbocycles. The Hall–Kier alpha value is -0.600. The van der Waals surface area contributed by atoms with Crippen molar-refractivity contribution in [2.45, 2.75) is 18.6 Å². The average Bonchev–Trinajstić information content (AvgIpc) is 2.62. The number of nitrogens with zero attached hydrogens (tertiary/aromatic N) is 1. The number of ether oxygens (including phenoxy) is 2. The molecule has 26 heavy (non-hydrogen) atoms. The van der Waals surface area contributed by atoms with Crippen molar-refractivity contribution in [2.75, 3.05) is 46.5 Å². The van der Waals surface area contributed by atoms with E-state index in [0.717, 1.165) is 18.7 Å². The maximum atomic E-state index is 12.1. The number of halogens is 3. The molecule has 1 fully saturated rings. The van der Waals surface area contributed by atoms with E-state index in [4.69, 9.17) is 26.8 Å². The van der Waals surface area contributed by atoms with Crippen molar-refractivity contribution in [2.24, 2.45) is 5.73 Å². The van der Waals surface area contributed by atoms with Gasteiger partial charge in [-0.3, -0.25) is 9.69 Å². The van der Waals surface area contributed by atoms with E-state index >= 15 is 0 Å². The minimum atomic E-state index is -0.248. The van der Waals surface area contributed by atoms with Gasteiger partial charge in [0, 0.05) is 38.3 Å². The number of nitrogens with two attached hydrogens (primary N) is 1. The van der Waals surface area contributed by atoms with Gasteiger partial charge >= 0.3 is 0 Å². The summed E-state index contributed by atoms with van der Waals surface area (Å²) in [6, 6.07) is 7.86. The maximum absolute atomic E-state index is 12.1. The quantitative estimate of drug-likeness (QED) is 0.662. The van der Waals surface area contributed by atoms with Crippen LogP contribution < -0.4 is 11.1 Å². The van der Waals surface area contributed by atoms with E-state index in [1.54, 1.807) is 7.11 Å². The molecule has 1 aliphatic heterocycles. The predicted molar refractivity (Wildman–Crippen MR) is 109 cm³/mol. The van der Waals surface area contributed by atoms with Gasteiger partial charge in [0.1, 0.15) is 0 Å². The topological polar surface area (TPSA) is 76.8 Å². The molecule has 9 heteroatoms. The van der Waals surface area contributed by atoms with Crippen LogP contribution in [0.25, 0.3) is 0 Å². The average molecular weight is 429 g/mol. The lowest BCUT2D eigenvalue weighted by molar-refractivity contribution is -0.123. The van der Waals surface area contributed by atoms with Gasteiger partial charge in [-0.05, 0) is 17.7 Å². The van der Waals surface area contributed by atoms with Crippen molar-refractivity contribution in [1.82, 2.24) is 10.2 Å². The van der Waals surface area contributed by atoms with E-state index in [0.29, 0.717) is 31.3 Å². The van der Waals surface area contributed by atoms with Crippen LogP contribution in [0.5, 0.6) is 0 Å². The lowest BCUT2D eigenvalue weighted by Crippen LogP contribution is -2.44. The number of benzene rings is 1. The van der Waals surface area contributed by atoms with Crippen molar-refractivity contribution in [3.63, 3.8) is 0 Å². The highest BCUT2D eigenvalue weighted by atomic mass is 35.5. The van der Waals surface area contributed by atoms with Crippen LogP contribution in [0.15, 0.2) is 24.3 Å². The number of methoxy groups -OCH3 is 1. The van der Waals surface area contributed by atoms with Gasteiger partial charge in [-0.25, -0.2) is 0 Å². The van der Waals surface area contributed by atoms with Crippen molar-refractivity contribution in [1.29, 1.82) is 0 Å². The summed E-state index contributed by atoms with van der Waals surface area (Å²) >= 11 is 5.99. The summed E-state index contributed by atoms with van der Waals surface area (Å²) in [5.41, 5.74) is 6.70. The van der Waals surface area contributed by atoms with Crippen molar-refractivity contribution in [3.05, 3.63) is 34.9 Å². The van der Waals surface area contributed by atoms with E-state index in [-0.39, 0.29) is 49.3 Å². The van der Waals surface area contributed by atoms with Gasteiger partial charge in [0.25, 0.3) is 0 Å². The Morgan fingerprint density at radius 3 is 2.46 bits per heavy atom. The van der Waals surface area contributed by atoms with E-state index < -0.39 is 0 Å². The zero-order valence-electron chi connectivity index (χ0n) is 14.9.